The van der Waals surface area contributed by atoms with E-state index in [1.54, 1.807) is 16.8 Å². The minimum Gasteiger partial charge on any atom is -0.338 e. The molecule has 0 unspecified atom stereocenters. The minimum absolute atomic E-state index is 0.319. The lowest BCUT2D eigenvalue weighted by atomic mass is 10.1. The second-order valence-electron chi connectivity index (χ2n) is 3.31. The summed E-state index contributed by atoms with van der Waals surface area (Å²) >= 11 is 11.8. The summed E-state index contributed by atoms with van der Waals surface area (Å²) in [5.41, 5.74) is 2.24. The van der Waals surface area contributed by atoms with Crippen molar-refractivity contribution < 1.29 is 0 Å². The third kappa shape index (κ3) is 1.92. The van der Waals surface area contributed by atoms with Gasteiger partial charge < -0.3 is 4.57 Å². The zero-order valence-corrected chi connectivity index (χ0v) is 9.83. The van der Waals surface area contributed by atoms with Gasteiger partial charge in [0.05, 0.1) is 11.6 Å². The Morgan fingerprint density at radius 2 is 1.94 bits per heavy atom. The highest BCUT2D eigenvalue weighted by Gasteiger charge is 2.10. The van der Waals surface area contributed by atoms with E-state index in [1.165, 1.54) is 0 Å². The van der Waals surface area contributed by atoms with Crippen molar-refractivity contribution in [3.8, 4) is 17.2 Å². The molecule has 1 aromatic heterocycles. The molecule has 4 heteroatoms. The van der Waals surface area contributed by atoms with Crippen LogP contribution in [-0.2, 0) is 6.00 Å². The topological polar surface area (TPSA) is 28.7 Å². The standard InChI is InChI=1S/C12H8Cl2N2/c13-8-16-6-9(5-15)11(7-16)10-3-1-2-4-12(10)14/h1-4,6-7H,8H2. The molecule has 80 valence electrons. The fourth-order valence-electron chi connectivity index (χ4n) is 1.56. The Labute approximate surface area is 104 Å². The molecule has 0 aliphatic rings. The summed E-state index contributed by atoms with van der Waals surface area (Å²) in [6, 6.07) is 9.89. The van der Waals surface area contributed by atoms with Crippen molar-refractivity contribution in [2.24, 2.45) is 0 Å². The fraction of sp³-hybridized carbons (Fsp3) is 0.0833. The Hall–Kier alpha value is -1.43. The van der Waals surface area contributed by atoms with E-state index in [0.717, 1.165) is 11.1 Å². The maximum Gasteiger partial charge on any atom is 0.101 e. The van der Waals surface area contributed by atoms with E-state index in [-0.39, 0.29) is 0 Å². The van der Waals surface area contributed by atoms with Crippen LogP contribution >= 0.6 is 23.2 Å². The van der Waals surface area contributed by atoms with Crippen LogP contribution in [0.3, 0.4) is 0 Å². The summed E-state index contributed by atoms with van der Waals surface area (Å²) in [5.74, 6) is 0. The van der Waals surface area contributed by atoms with E-state index in [1.807, 2.05) is 24.4 Å². The number of halogens is 2. The first-order chi connectivity index (χ1) is 7.76. The van der Waals surface area contributed by atoms with Gasteiger partial charge in [0, 0.05) is 28.5 Å². The van der Waals surface area contributed by atoms with Crippen molar-refractivity contribution >= 4 is 23.2 Å². The number of hydrogen-bond donors (Lipinski definition) is 0. The Balaban J connectivity index is 2.60. The van der Waals surface area contributed by atoms with Gasteiger partial charge in [0.2, 0.25) is 0 Å². The van der Waals surface area contributed by atoms with Gasteiger partial charge in [0.1, 0.15) is 6.07 Å². The number of aromatic nitrogens is 1. The van der Waals surface area contributed by atoms with Crippen LogP contribution in [-0.4, -0.2) is 4.57 Å². The molecular weight excluding hydrogens is 243 g/mol. The smallest absolute Gasteiger partial charge is 0.101 e. The largest absolute Gasteiger partial charge is 0.338 e. The summed E-state index contributed by atoms with van der Waals surface area (Å²) < 4.78 is 1.75. The Morgan fingerprint density at radius 1 is 1.19 bits per heavy atom. The second-order valence-corrected chi connectivity index (χ2v) is 3.96. The average Bonchev–Trinajstić information content (AvgIpc) is 2.72. The van der Waals surface area contributed by atoms with Crippen molar-refractivity contribution in [2.45, 2.75) is 6.00 Å². The minimum atomic E-state index is 0.319. The second kappa shape index (κ2) is 4.61. The van der Waals surface area contributed by atoms with E-state index in [4.69, 9.17) is 28.5 Å². The maximum absolute atomic E-state index is 9.03. The third-order valence-corrected chi connectivity index (χ3v) is 2.91. The highest BCUT2D eigenvalue weighted by Crippen LogP contribution is 2.30. The Morgan fingerprint density at radius 3 is 2.56 bits per heavy atom. The highest BCUT2D eigenvalue weighted by atomic mass is 35.5. The Bertz CT molecular complexity index is 552. The quantitative estimate of drug-likeness (QED) is 0.744. The van der Waals surface area contributed by atoms with Gasteiger partial charge in [0.15, 0.2) is 0 Å². The van der Waals surface area contributed by atoms with Crippen molar-refractivity contribution in [1.82, 2.24) is 4.57 Å². The number of benzene rings is 1. The molecule has 0 amide bonds. The number of hydrogen-bond acceptors (Lipinski definition) is 1. The molecule has 0 fully saturated rings. The lowest BCUT2D eigenvalue weighted by Crippen LogP contribution is -1.84. The zero-order valence-electron chi connectivity index (χ0n) is 8.32. The van der Waals surface area contributed by atoms with Gasteiger partial charge in [-0.3, -0.25) is 0 Å². The van der Waals surface area contributed by atoms with Gasteiger partial charge in [-0.05, 0) is 6.07 Å². The number of rotatable bonds is 2. The molecule has 0 bridgehead atoms. The Kier molecular flexibility index (Phi) is 3.19. The number of nitriles is 1. The lowest BCUT2D eigenvalue weighted by molar-refractivity contribution is 0.893. The maximum atomic E-state index is 9.03. The van der Waals surface area contributed by atoms with E-state index in [2.05, 4.69) is 6.07 Å². The first-order valence-electron chi connectivity index (χ1n) is 4.67. The van der Waals surface area contributed by atoms with Crippen LogP contribution in [0.25, 0.3) is 11.1 Å². The summed E-state index contributed by atoms with van der Waals surface area (Å²) in [6.07, 6.45) is 3.54. The van der Waals surface area contributed by atoms with E-state index in [9.17, 15) is 0 Å². The first-order valence-corrected chi connectivity index (χ1v) is 5.58. The molecule has 0 aliphatic carbocycles. The normalized spacial score (nSPS) is 10.1. The molecule has 1 aromatic carbocycles. The number of nitrogens with zero attached hydrogens (tertiary/aromatic N) is 2. The molecule has 16 heavy (non-hydrogen) atoms. The molecule has 2 nitrogen and oxygen atoms in total. The summed E-state index contributed by atoms with van der Waals surface area (Å²) in [6.45, 7) is 0. The van der Waals surface area contributed by atoms with Crippen LogP contribution in [0, 0.1) is 11.3 Å². The van der Waals surface area contributed by atoms with Crippen LogP contribution in [0.4, 0.5) is 0 Å². The van der Waals surface area contributed by atoms with Crippen molar-refractivity contribution in [2.75, 3.05) is 0 Å². The van der Waals surface area contributed by atoms with Crippen molar-refractivity contribution in [1.29, 1.82) is 5.26 Å². The zero-order chi connectivity index (χ0) is 11.5. The molecule has 0 spiro atoms. The van der Waals surface area contributed by atoms with E-state index >= 15 is 0 Å². The monoisotopic (exact) mass is 250 g/mol. The number of alkyl halides is 1. The molecule has 0 radical (unpaired) electrons. The summed E-state index contributed by atoms with van der Waals surface area (Å²) in [5, 5.41) is 9.66. The molecule has 0 N–H and O–H groups in total. The van der Waals surface area contributed by atoms with E-state index < -0.39 is 0 Å². The highest BCUT2D eigenvalue weighted by molar-refractivity contribution is 6.33. The summed E-state index contributed by atoms with van der Waals surface area (Å²) in [4.78, 5) is 0. The molecule has 0 aliphatic heterocycles. The molecular formula is C12H8Cl2N2. The molecule has 0 atom stereocenters. The van der Waals surface area contributed by atoms with E-state index in [0.29, 0.717) is 16.6 Å². The molecule has 0 saturated carbocycles. The first kappa shape index (κ1) is 11.1. The van der Waals surface area contributed by atoms with Crippen LogP contribution in [0.15, 0.2) is 36.7 Å². The van der Waals surface area contributed by atoms with Gasteiger partial charge in [-0.25, -0.2) is 0 Å². The van der Waals surface area contributed by atoms with Crippen LogP contribution in [0.1, 0.15) is 5.56 Å². The van der Waals surface area contributed by atoms with Gasteiger partial charge in [0.25, 0.3) is 0 Å². The molecule has 2 rings (SSSR count). The van der Waals surface area contributed by atoms with Gasteiger partial charge in [-0.1, -0.05) is 29.8 Å². The van der Waals surface area contributed by atoms with Crippen LogP contribution in [0.5, 0.6) is 0 Å². The van der Waals surface area contributed by atoms with Gasteiger partial charge >= 0.3 is 0 Å². The molecule has 1 heterocycles. The third-order valence-electron chi connectivity index (χ3n) is 2.30. The van der Waals surface area contributed by atoms with Gasteiger partial charge in [-0.2, -0.15) is 5.26 Å². The van der Waals surface area contributed by atoms with Crippen molar-refractivity contribution in [3.05, 3.63) is 47.2 Å². The lowest BCUT2D eigenvalue weighted by Gasteiger charge is -2.01. The SMILES string of the molecule is N#Cc1cn(CCl)cc1-c1ccccc1Cl. The fourth-order valence-corrected chi connectivity index (χ4v) is 1.94. The predicted octanol–water partition coefficient (Wildman–Crippen LogP) is 3.88. The molecule has 0 saturated heterocycles. The van der Waals surface area contributed by atoms with Gasteiger partial charge in [-0.15, -0.1) is 11.6 Å². The van der Waals surface area contributed by atoms with Crippen LogP contribution < -0.4 is 0 Å². The van der Waals surface area contributed by atoms with Crippen LogP contribution in [0.2, 0.25) is 5.02 Å². The average molecular weight is 251 g/mol. The summed E-state index contributed by atoms with van der Waals surface area (Å²) in [7, 11) is 0. The van der Waals surface area contributed by atoms with Crippen molar-refractivity contribution in [3.63, 3.8) is 0 Å². The predicted molar refractivity (Wildman–Crippen MR) is 65.4 cm³/mol. The molecule has 2 aromatic rings.